The highest BCUT2D eigenvalue weighted by atomic mass is 32.1. The van der Waals surface area contributed by atoms with Gasteiger partial charge >= 0.3 is 0 Å². The molecule has 0 aliphatic carbocycles. The van der Waals surface area contributed by atoms with Crippen LogP contribution >= 0.6 is 11.3 Å². The van der Waals surface area contributed by atoms with Crippen molar-refractivity contribution in [1.82, 2.24) is 15.3 Å². The van der Waals surface area contributed by atoms with Crippen LogP contribution in [0.5, 0.6) is 0 Å². The largest absolute Gasteiger partial charge is 0.359 e. The van der Waals surface area contributed by atoms with E-state index in [1.807, 2.05) is 78.2 Å². The monoisotopic (exact) mass is 415 g/mol. The molecule has 0 saturated heterocycles. The minimum atomic E-state index is -0.295. The number of nitrogens with zero attached hydrogens (tertiary/aromatic N) is 2. The summed E-state index contributed by atoms with van der Waals surface area (Å²) in [4.78, 5) is 21.0. The third kappa shape index (κ3) is 5.17. The van der Waals surface area contributed by atoms with Gasteiger partial charge in [0, 0.05) is 23.3 Å². The van der Waals surface area contributed by atoms with Gasteiger partial charge in [-0.25, -0.2) is 4.98 Å². The van der Waals surface area contributed by atoms with Gasteiger partial charge in [0.1, 0.15) is 17.7 Å². The SMILES string of the molecule is O=C(COC(c1ccccc1)c1ccccc1)NCc1nc(-c2ccncc2)cs1. The molecule has 1 amide bonds. The number of hydrogen-bond donors (Lipinski definition) is 1. The maximum atomic E-state index is 12.4. The molecule has 5 nitrogen and oxygen atoms in total. The number of carbonyl (C=O) groups excluding carboxylic acids is 1. The average Bonchev–Trinajstić information content (AvgIpc) is 3.29. The van der Waals surface area contributed by atoms with Crippen molar-refractivity contribution in [3.63, 3.8) is 0 Å². The van der Waals surface area contributed by atoms with Crippen molar-refractivity contribution in [1.29, 1.82) is 0 Å². The van der Waals surface area contributed by atoms with Gasteiger partial charge in [-0.05, 0) is 23.3 Å². The molecule has 0 spiro atoms. The second kappa shape index (κ2) is 9.91. The van der Waals surface area contributed by atoms with Crippen LogP contribution in [0.15, 0.2) is 90.6 Å². The third-order valence-electron chi connectivity index (χ3n) is 4.55. The Kier molecular flexibility index (Phi) is 6.59. The van der Waals surface area contributed by atoms with Crippen molar-refractivity contribution >= 4 is 17.2 Å². The van der Waals surface area contributed by atoms with Crippen LogP contribution in [-0.4, -0.2) is 22.5 Å². The molecule has 2 aromatic carbocycles. The van der Waals surface area contributed by atoms with Gasteiger partial charge in [0.05, 0.1) is 12.2 Å². The lowest BCUT2D eigenvalue weighted by Gasteiger charge is -2.18. The lowest BCUT2D eigenvalue weighted by atomic mass is 10.0. The van der Waals surface area contributed by atoms with Crippen molar-refractivity contribution in [3.05, 3.63) is 107 Å². The summed E-state index contributed by atoms with van der Waals surface area (Å²) in [5.74, 6) is -0.174. The first-order chi connectivity index (χ1) is 14.8. The number of aromatic nitrogens is 2. The molecule has 0 saturated carbocycles. The van der Waals surface area contributed by atoms with E-state index in [0.717, 1.165) is 27.4 Å². The Bertz CT molecular complexity index is 1030. The van der Waals surface area contributed by atoms with Crippen LogP contribution in [0.1, 0.15) is 22.2 Å². The molecule has 0 atom stereocenters. The zero-order chi connectivity index (χ0) is 20.6. The Balaban J connectivity index is 1.35. The molecule has 0 fully saturated rings. The number of benzene rings is 2. The molecule has 2 heterocycles. The van der Waals surface area contributed by atoms with Crippen molar-refractivity contribution < 1.29 is 9.53 Å². The Labute approximate surface area is 179 Å². The smallest absolute Gasteiger partial charge is 0.246 e. The first-order valence-electron chi connectivity index (χ1n) is 9.62. The van der Waals surface area contributed by atoms with Crippen LogP contribution in [0.25, 0.3) is 11.3 Å². The van der Waals surface area contributed by atoms with E-state index in [4.69, 9.17) is 4.74 Å². The van der Waals surface area contributed by atoms with Gasteiger partial charge < -0.3 is 10.1 Å². The van der Waals surface area contributed by atoms with Crippen molar-refractivity contribution in [2.45, 2.75) is 12.6 Å². The summed E-state index contributed by atoms with van der Waals surface area (Å²) in [6.45, 7) is 0.344. The maximum Gasteiger partial charge on any atom is 0.246 e. The third-order valence-corrected chi connectivity index (χ3v) is 5.40. The molecular weight excluding hydrogens is 394 g/mol. The number of hydrogen-bond acceptors (Lipinski definition) is 5. The number of rotatable bonds is 8. The van der Waals surface area contributed by atoms with E-state index in [1.54, 1.807) is 12.4 Å². The predicted octanol–water partition coefficient (Wildman–Crippen LogP) is 4.63. The van der Waals surface area contributed by atoms with Crippen molar-refractivity contribution in [2.75, 3.05) is 6.61 Å². The van der Waals surface area contributed by atoms with Gasteiger partial charge in [-0.2, -0.15) is 0 Å². The molecule has 0 bridgehead atoms. The van der Waals surface area contributed by atoms with Crippen LogP contribution in [-0.2, 0) is 16.1 Å². The average molecular weight is 416 g/mol. The molecule has 4 rings (SSSR count). The van der Waals surface area contributed by atoms with E-state index in [1.165, 1.54) is 11.3 Å². The van der Waals surface area contributed by atoms with E-state index in [9.17, 15) is 4.79 Å². The lowest BCUT2D eigenvalue weighted by molar-refractivity contribution is -0.127. The maximum absolute atomic E-state index is 12.4. The fourth-order valence-corrected chi connectivity index (χ4v) is 3.82. The summed E-state index contributed by atoms with van der Waals surface area (Å²) in [5, 5.41) is 5.72. The highest BCUT2D eigenvalue weighted by Gasteiger charge is 2.16. The Morgan fingerprint density at radius 2 is 1.57 bits per heavy atom. The number of ether oxygens (including phenoxy) is 1. The lowest BCUT2D eigenvalue weighted by Crippen LogP contribution is -2.28. The number of carbonyl (C=O) groups is 1. The molecule has 0 aliphatic heterocycles. The Morgan fingerprint density at radius 3 is 2.20 bits per heavy atom. The molecular formula is C24H21N3O2S. The minimum absolute atomic E-state index is 0.0307. The highest BCUT2D eigenvalue weighted by Crippen LogP contribution is 2.25. The van der Waals surface area contributed by atoms with Gasteiger partial charge in [-0.3, -0.25) is 9.78 Å². The zero-order valence-corrected chi connectivity index (χ0v) is 17.1. The van der Waals surface area contributed by atoms with Crippen molar-refractivity contribution in [3.8, 4) is 11.3 Å². The molecule has 150 valence electrons. The standard InChI is InChI=1S/C24H21N3O2S/c28-22(26-15-23-27-21(17-30-23)18-11-13-25-14-12-18)16-29-24(19-7-3-1-4-8-19)20-9-5-2-6-10-20/h1-14,17,24H,15-16H2,(H,26,28). The molecule has 0 unspecified atom stereocenters. The predicted molar refractivity (Wildman–Crippen MR) is 118 cm³/mol. The zero-order valence-electron chi connectivity index (χ0n) is 16.3. The number of pyridine rings is 1. The van der Waals surface area contributed by atoms with Gasteiger partial charge in [0.2, 0.25) is 5.91 Å². The number of nitrogens with one attached hydrogen (secondary N) is 1. The fourth-order valence-electron chi connectivity index (χ4n) is 3.07. The molecule has 6 heteroatoms. The van der Waals surface area contributed by atoms with Crippen LogP contribution < -0.4 is 5.32 Å². The molecule has 2 aromatic heterocycles. The number of thiazole rings is 1. The molecule has 0 aliphatic rings. The Morgan fingerprint density at radius 1 is 0.933 bits per heavy atom. The van der Waals surface area contributed by atoms with E-state index < -0.39 is 0 Å². The highest BCUT2D eigenvalue weighted by molar-refractivity contribution is 7.09. The summed E-state index contributed by atoms with van der Waals surface area (Å²) in [5.41, 5.74) is 3.92. The van der Waals surface area contributed by atoms with E-state index in [-0.39, 0.29) is 18.6 Å². The molecule has 4 aromatic rings. The molecule has 0 radical (unpaired) electrons. The van der Waals surface area contributed by atoms with E-state index in [0.29, 0.717) is 6.54 Å². The summed E-state index contributed by atoms with van der Waals surface area (Å²) in [7, 11) is 0. The van der Waals surface area contributed by atoms with Crippen molar-refractivity contribution in [2.24, 2.45) is 0 Å². The molecule has 1 N–H and O–H groups in total. The molecule has 30 heavy (non-hydrogen) atoms. The van der Waals surface area contributed by atoms with Crippen LogP contribution in [0, 0.1) is 0 Å². The fraction of sp³-hybridized carbons (Fsp3) is 0.125. The first-order valence-corrected chi connectivity index (χ1v) is 10.5. The topological polar surface area (TPSA) is 64.1 Å². The van der Waals surface area contributed by atoms with E-state index >= 15 is 0 Å². The quantitative estimate of drug-likeness (QED) is 0.456. The normalized spacial score (nSPS) is 10.8. The van der Waals surface area contributed by atoms with Crippen LogP contribution in [0.3, 0.4) is 0 Å². The van der Waals surface area contributed by atoms with Gasteiger partial charge in [-0.1, -0.05) is 60.7 Å². The summed E-state index contributed by atoms with van der Waals surface area (Å²) >= 11 is 1.52. The second-order valence-electron chi connectivity index (χ2n) is 6.65. The number of amides is 1. The summed E-state index contributed by atoms with van der Waals surface area (Å²) in [6, 6.07) is 23.7. The van der Waals surface area contributed by atoms with Crippen LogP contribution in [0.2, 0.25) is 0 Å². The van der Waals surface area contributed by atoms with Gasteiger partial charge in [-0.15, -0.1) is 11.3 Å². The second-order valence-corrected chi connectivity index (χ2v) is 7.59. The van der Waals surface area contributed by atoms with Gasteiger partial charge in [0.25, 0.3) is 0 Å². The first kappa shape index (κ1) is 19.9. The Hall–Kier alpha value is -3.35. The van der Waals surface area contributed by atoms with E-state index in [2.05, 4.69) is 15.3 Å². The summed E-state index contributed by atoms with van der Waals surface area (Å²) in [6.07, 6.45) is 3.18. The van der Waals surface area contributed by atoms with Crippen LogP contribution in [0.4, 0.5) is 0 Å². The van der Waals surface area contributed by atoms with Gasteiger partial charge in [0.15, 0.2) is 0 Å². The minimum Gasteiger partial charge on any atom is -0.359 e. The summed E-state index contributed by atoms with van der Waals surface area (Å²) < 4.78 is 6.00.